The lowest BCUT2D eigenvalue weighted by Crippen LogP contribution is -2.23. The van der Waals surface area contributed by atoms with E-state index < -0.39 is 11.8 Å². The molecule has 2 aromatic heterocycles. The van der Waals surface area contributed by atoms with Gasteiger partial charge in [0.1, 0.15) is 5.92 Å². The molecule has 1 atom stereocenters. The van der Waals surface area contributed by atoms with Crippen LogP contribution >= 0.6 is 27.3 Å². The number of aryl methyl sites for hydroxylation is 1. The second-order valence-corrected chi connectivity index (χ2v) is 8.69. The number of H-pyrrole nitrogens is 1. The number of hydrogen-bond acceptors (Lipinski definition) is 5. The van der Waals surface area contributed by atoms with E-state index in [9.17, 15) is 15.3 Å². The minimum atomic E-state index is -0.993. The fourth-order valence-corrected chi connectivity index (χ4v) is 4.60. The van der Waals surface area contributed by atoms with Crippen LogP contribution in [-0.2, 0) is 0 Å². The van der Waals surface area contributed by atoms with Crippen LogP contribution in [0.25, 0.3) is 16.4 Å². The summed E-state index contributed by atoms with van der Waals surface area (Å²) < 4.78 is 2.36. The number of nitrogens with one attached hydrogen (secondary N) is 1. The third kappa shape index (κ3) is 3.96. The van der Waals surface area contributed by atoms with Crippen molar-refractivity contribution in [2.45, 2.75) is 12.8 Å². The summed E-state index contributed by atoms with van der Waals surface area (Å²) in [7, 11) is 0. The van der Waals surface area contributed by atoms with Crippen LogP contribution in [0.1, 0.15) is 22.7 Å². The molecule has 0 amide bonds. The Morgan fingerprint density at radius 1 is 1.10 bits per heavy atom. The molecule has 4 rings (SSSR count). The summed E-state index contributed by atoms with van der Waals surface area (Å²) in [6, 6.07) is 21.0. The van der Waals surface area contributed by atoms with E-state index in [1.165, 1.54) is 16.0 Å². The van der Waals surface area contributed by atoms with E-state index in [1.807, 2.05) is 72.1 Å². The van der Waals surface area contributed by atoms with Gasteiger partial charge in [0.25, 0.3) is 5.56 Å². The van der Waals surface area contributed by atoms with Crippen molar-refractivity contribution in [3.05, 3.63) is 91.6 Å². The molecule has 0 saturated heterocycles. The average molecular weight is 490 g/mol. The first-order chi connectivity index (χ1) is 15.0. The number of hydrogen-bond donors (Lipinski definition) is 1. The second-order valence-electron chi connectivity index (χ2n) is 6.94. The summed E-state index contributed by atoms with van der Waals surface area (Å²) in [4.78, 5) is 18.0. The van der Waals surface area contributed by atoms with Gasteiger partial charge in [0.05, 0.1) is 17.8 Å². The zero-order chi connectivity index (χ0) is 22.0. The van der Waals surface area contributed by atoms with Crippen molar-refractivity contribution in [3.63, 3.8) is 0 Å². The van der Waals surface area contributed by atoms with Gasteiger partial charge in [-0.15, -0.1) is 11.3 Å². The van der Waals surface area contributed by atoms with Gasteiger partial charge in [-0.1, -0.05) is 58.4 Å². The van der Waals surface area contributed by atoms with Crippen molar-refractivity contribution < 1.29 is 0 Å². The van der Waals surface area contributed by atoms with Crippen molar-refractivity contribution >= 4 is 27.3 Å². The first-order valence-corrected chi connectivity index (χ1v) is 11.1. The van der Waals surface area contributed by atoms with E-state index in [-0.39, 0.29) is 5.56 Å². The molecule has 0 fully saturated rings. The van der Waals surface area contributed by atoms with Crippen molar-refractivity contribution in [1.82, 2.24) is 14.8 Å². The Morgan fingerprint density at radius 3 is 2.42 bits per heavy atom. The summed E-state index contributed by atoms with van der Waals surface area (Å²) in [5.41, 5.74) is 3.16. The maximum atomic E-state index is 13.4. The van der Waals surface area contributed by atoms with Gasteiger partial charge in [0, 0.05) is 32.6 Å². The third-order valence-electron chi connectivity index (χ3n) is 5.02. The molecule has 0 aliphatic heterocycles. The van der Waals surface area contributed by atoms with E-state index in [2.05, 4.69) is 26.0 Å². The smallest absolute Gasteiger partial charge is 0.277 e. The summed E-state index contributed by atoms with van der Waals surface area (Å²) in [5, 5.41) is 24.6. The Kier molecular flexibility index (Phi) is 5.85. The van der Waals surface area contributed by atoms with Crippen LogP contribution in [-0.4, -0.2) is 14.8 Å². The van der Waals surface area contributed by atoms with Gasteiger partial charge < -0.3 is 0 Å². The maximum absolute atomic E-state index is 13.4. The van der Waals surface area contributed by atoms with Gasteiger partial charge in [-0.3, -0.25) is 9.89 Å². The zero-order valence-corrected chi connectivity index (χ0v) is 18.8. The Balaban J connectivity index is 1.80. The highest BCUT2D eigenvalue weighted by molar-refractivity contribution is 9.10. The first kappa shape index (κ1) is 20.8. The topological polar surface area (TPSA) is 98.3 Å². The molecule has 6 nitrogen and oxygen atoms in total. The molecule has 0 aliphatic rings. The van der Waals surface area contributed by atoms with E-state index in [1.54, 1.807) is 6.92 Å². The van der Waals surface area contributed by atoms with Crippen molar-refractivity contribution in [1.29, 1.82) is 10.5 Å². The minimum absolute atomic E-state index is 0.307. The number of thiazole rings is 1. The SMILES string of the molecule is Cc1[nH]n(-c2nc(-c3ccc(Br)cc3)cs2)c(=O)c1[C@H](c1ccccc1)C(C#N)C#N. The third-order valence-corrected chi connectivity index (χ3v) is 6.38. The number of nitriles is 2. The largest absolute Gasteiger partial charge is 0.293 e. The molecule has 2 aromatic carbocycles. The Bertz CT molecular complexity index is 1340. The lowest BCUT2D eigenvalue weighted by Gasteiger charge is -2.16. The fourth-order valence-electron chi connectivity index (χ4n) is 3.54. The highest BCUT2D eigenvalue weighted by Crippen LogP contribution is 2.32. The lowest BCUT2D eigenvalue weighted by atomic mass is 9.82. The predicted octanol–water partition coefficient (Wildman–Crippen LogP) is 5.16. The highest BCUT2D eigenvalue weighted by atomic mass is 79.9. The van der Waals surface area contributed by atoms with Crippen LogP contribution in [0.3, 0.4) is 0 Å². The lowest BCUT2D eigenvalue weighted by molar-refractivity contribution is 0.699. The number of benzene rings is 2. The van der Waals surface area contributed by atoms with Gasteiger partial charge in [0.2, 0.25) is 5.13 Å². The summed E-state index contributed by atoms with van der Waals surface area (Å²) in [6.45, 7) is 1.78. The average Bonchev–Trinajstić information content (AvgIpc) is 3.38. The molecule has 0 unspecified atom stereocenters. The van der Waals surface area contributed by atoms with Crippen molar-refractivity contribution in [2.75, 3.05) is 0 Å². The Labute approximate surface area is 191 Å². The molecule has 0 aliphatic carbocycles. The molecule has 0 spiro atoms. The molecule has 0 bridgehead atoms. The normalized spacial score (nSPS) is 11.8. The zero-order valence-electron chi connectivity index (χ0n) is 16.4. The van der Waals surface area contributed by atoms with Crippen LogP contribution in [0.5, 0.6) is 0 Å². The van der Waals surface area contributed by atoms with Crippen LogP contribution in [0.15, 0.2) is 69.2 Å². The molecule has 152 valence electrons. The van der Waals surface area contributed by atoms with Gasteiger partial charge in [-0.25, -0.2) is 4.98 Å². The predicted molar refractivity (Wildman–Crippen MR) is 123 cm³/mol. The first-order valence-electron chi connectivity index (χ1n) is 9.41. The van der Waals surface area contributed by atoms with E-state index >= 15 is 0 Å². The van der Waals surface area contributed by atoms with Gasteiger partial charge in [-0.2, -0.15) is 15.2 Å². The van der Waals surface area contributed by atoms with E-state index in [0.717, 1.165) is 21.3 Å². The summed E-state index contributed by atoms with van der Waals surface area (Å²) in [5.74, 6) is -1.65. The molecule has 1 N–H and O–H groups in total. The van der Waals surface area contributed by atoms with Gasteiger partial charge in [-0.05, 0) is 24.6 Å². The number of rotatable bonds is 5. The maximum Gasteiger partial charge on any atom is 0.277 e. The van der Waals surface area contributed by atoms with Crippen LogP contribution in [0, 0.1) is 35.5 Å². The molecule has 2 heterocycles. The van der Waals surface area contributed by atoms with Crippen LogP contribution in [0.2, 0.25) is 0 Å². The minimum Gasteiger partial charge on any atom is -0.293 e. The number of aromatic amines is 1. The van der Waals surface area contributed by atoms with Crippen LogP contribution < -0.4 is 5.56 Å². The van der Waals surface area contributed by atoms with E-state index in [0.29, 0.717) is 16.4 Å². The molecule has 8 heteroatoms. The standard InChI is InChI=1S/C23H16BrN5OS/c1-14-20(21(17(11-25)12-26)16-5-3-2-4-6-16)22(30)29(28-14)23-27-19(13-31-23)15-7-9-18(24)10-8-15/h2-10,13,17,21,28H,1H3/t21-/m1/s1. The Hall–Kier alpha value is -3.46. The summed E-state index contributed by atoms with van der Waals surface area (Å²) in [6.07, 6.45) is 0. The molecule has 0 radical (unpaired) electrons. The number of aromatic nitrogens is 3. The quantitative estimate of drug-likeness (QED) is 0.418. The Morgan fingerprint density at radius 2 is 1.77 bits per heavy atom. The van der Waals surface area contributed by atoms with Crippen LogP contribution in [0.4, 0.5) is 0 Å². The van der Waals surface area contributed by atoms with E-state index in [4.69, 9.17) is 0 Å². The molecule has 31 heavy (non-hydrogen) atoms. The molecular formula is C23H16BrN5OS. The molecular weight excluding hydrogens is 474 g/mol. The fraction of sp³-hybridized carbons (Fsp3) is 0.130. The number of halogens is 1. The van der Waals surface area contributed by atoms with Gasteiger partial charge >= 0.3 is 0 Å². The summed E-state index contributed by atoms with van der Waals surface area (Å²) >= 11 is 4.77. The second kappa shape index (κ2) is 8.73. The molecule has 4 aromatic rings. The van der Waals surface area contributed by atoms with Gasteiger partial charge in [0.15, 0.2) is 0 Å². The number of nitrogens with zero attached hydrogens (tertiary/aromatic N) is 4. The molecule has 0 saturated carbocycles. The monoisotopic (exact) mass is 489 g/mol. The highest BCUT2D eigenvalue weighted by Gasteiger charge is 2.31. The van der Waals surface area contributed by atoms with Crippen molar-refractivity contribution in [2.24, 2.45) is 5.92 Å². The van der Waals surface area contributed by atoms with Crippen molar-refractivity contribution in [3.8, 4) is 28.5 Å².